The van der Waals surface area contributed by atoms with E-state index in [0.717, 1.165) is 24.5 Å². The van der Waals surface area contributed by atoms with E-state index >= 15 is 0 Å². The molecule has 0 spiro atoms. The molecule has 3 heteroatoms. The standard InChI is InChI=1S/C11H16N2S/c1-8-3-2-4-11(13-8)10-6-12-5-9(10)7-14/h2-4,9-10,12,14H,5-7H2,1H3. The molecule has 0 saturated carbocycles. The molecule has 2 nitrogen and oxygen atoms in total. The summed E-state index contributed by atoms with van der Waals surface area (Å²) in [6.07, 6.45) is 0. The van der Waals surface area contributed by atoms with Crippen LogP contribution in [0.25, 0.3) is 0 Å². The normalized spacial score (nSPS) is 26.7. The lowest BCUT2D eigenvalue weighted by Crippen LogP contribution is -2.13. The molecule has 0 bridgehead atoms. The molecule has 1 aliphatic rings. The van der Waals surface area contributed by atoms with Gasteiger partial charge in [0.2, 0.25) is 0 Å². The van der Waals surface area contributed by atoms with Gasteiger partial charge in [0.1, 0.15) is 0 Å². The van der Waals surface area contributed by atoms with Crippen molar-refractivity contribution >= 4 is 12.6 Å². The zero-order valence-electron chi connectivity index (χ0n) is 8.40. The Labute approximate surface area is 90.5 Å². The molecule has 0 aromatic carbocycles. The van der Waals surface area contributed by atoms with Gasteiger partial charge in [0, 0.05) is 23.9 Å². The highest BCUT2D eigenvalue weighted by Gasteiger charge is 2.27. The van der Waals surface area contributed by atoms with Crippen LogP contribution in [0.4, 0.5) is 0 Å². The van der Waals surface area contributed by atoms with Gasteiger partial charge in [0.05, 0.1) is 0 Å². The molecule has 1 aromatic rings. The maximum Gasteiger partial charge on any atom is 0.0453 e. The molecule has 1 aliphatic heterocycles. The number of nitrogens with zero attached hydrogens (tertiary/aromatic N) is 1. The first kappa shape index (κ1) is 9.99. The number of nitrogens with one attached hydrogen (secondary N) is 1. The summed E-state index contributed by atoms with van der Waals surface area (Å²) in [5.74, 6) is 2.12. The summed E-state index contributed by atoms with van der Waals surface area (Å²) in [5, 5.41) is 3.40. The van der Waals surface area contributed by atoms with Crippen LogP contribution in [0, 0.1) is 12.8 Å². The summed E-state index contributed by atoms with van der Waals surface area (Å²) in [5.41, 5.74) is 2.32. The van der Waals surface area contributed by atoms with Crippen molar-refractivity contribution in [3.63, 3.8) is 0 Å². The highest BCUT2D eigenvalue weighted by Crippen LogP contribution is 2.27. The average Bonchev–Trinajstić information content (AvgIpc) is 2.65. The molecule has 1 saturated heterocycles. The minimum atomic E-state index is 0.549. The number of aryl methyl sites for hydroxylation is 1. The summed E-state index contributed by atoms with van der Waals surface area (Å²) in [6, 6.07) is 6.26. The van der Waals surface area contributed by atoms with E-state index in [4.69, 9.17) is 0 Å². The van der Waals surface area contributed by atoms with Gasteiger partial charge >= 0.3 is 0 Å². The van der Waals surface area contributed by atoms with Crippen molar-refractivity contribution in [2.45, 2.75) is 12.8 Å². The molecule has 1 N–H and O–H groups in total. The van der Waals surface area contributed by atoms with E-state index < -0.39 is 0 Å². The monoisotopic (exact) mass is 208 g/mol. The van der Waals surface area contributed by atoms with Crippen LogP contribution >= 0.6 is 12.6 Å². The predicted molar refractivity (Wildman–Crippen MR) is 61.9 cm³/mol. The fraction of sp³-hybridized carbons (Fsp3) is 0.545. The van der Waals surface area contributed by atoms with E-state index in [0.29, 0.717) is 11.8 Å². The van der Waals surface area contributed by atoms with Gasteiger partial charge in [-0.1, -0.05) is 6.07 Å². The van der Waals surface area contributed by atoms with Gasteiger partial charge in [-0.25, -0.2) is 0 Å². The average molecular weight is 208 g/mol. The lowest BCUT2D eigenvalue weighted by atomic mass is 9.94. The second-order valence-electron chi connectivity index (χ2n) is 3.91. The Balaban J connectivity index is 2.21. The van der Waals surface area contributed by atoms with Gasteiger partial charge < -0.3 is 5.32 Å². The Hall–Kier alpha value is -0.540. The van der Waals surface area contributed by atoms with Gasteiger partial charge in [0.15, 0.2) is 0 Å². The zero-order valence-corrected chi connectivity index (χ0v) is 9.30. The fourth-order valence-corrected chi connectivity index (χ4v) is 2.43. The quantitative estimate of drug-likeness (QED) is 0.722. The van der Waals surface area contributed by atoms with E-state index in [1.807, 2.05) is 13.0 Å². The third kappa shape index (κ3) is 1.93. The molecule has 0 amide bonds. The van der Waals surface area contributed by atoms with Crippen LogP contribution in [0.1, 0.15) is 17.3 Å². The van der Waals surface area contributed by atoms with Gasteiger partial charge in [-0.15, -0.1) is 0 Å². The molecule has 0 radical (unpaired) electrons. The molecular formula is C11H16N2S. The maximum atomic E-state index is 4.58. The molecule has 1 fully saturated rings. The number of aromatic nitrogens is 1. The van der Waals surface area contributed by atoms with Crippen molar-refractivity contribution in [2.24, 2.45) is 5.92 Å². The lowest BCUT2D eigenvalue weighted by Gasteiger charge is -2.15. The topological polar surface area (TPSA) is 24.9 Å². The molecule has 2 heterocycles. The van der Waals surface area contributed by atoms with Crippen molar-refractivity contribution in [1.82, 2.24) is 10.3 Å². The molecule has 1 aromatic heterocycles. The van der Waals surface area contributed by atoms with E-state index in [-0.39, 0.29) is 0 Å². The van der Waals surface area contributed by atoms with Crippen LogP contribution in [0.15, 0.2) is 18.2 Å². The van der Waals surface area contributed by atoms with Gasteiger partial charge in [-0.3, -0.25) is 4.98 Å². The number of thiol groups is 1. The number of pyridine rings is 1. The van der Waals surface area contributed by atoms with Crippen LogP contribution in [0.3, 0.4) is 0 Å². The summed E-state index contributed by atoms with van der Waals surface area (Å²) < 4.78 is 0. The van der Waals surface area contributed by atoms with Crippen molar-refractivity contribution in [3.8, 4) is 0 Å². The number of hydrogen-bond donors (Lipinski definition) is 2. The first-order chi connectivity index (χ1) is 6.81. The molecule has 0 aliphatic carbocycles. The van der Waals surface area contributed by atoms with E-state index in [2.05, 4.69) is 35.1 Å². The number of rotatable bonds is 2. The summed E-state index contributed by atoms with van der Waals surface area (Å²) >= 11 is 4.38. The Morgan fingerprint density at radius 3 is 3.07 bits per heavy atom. The lowest BCUT2D eigenvalue weighted by molar-refractivity contribution is 0.569. The van der Waals surface area contributed by atoms with Crippen LogP contribution in [-0.4, -0.2) is 23.8 Å². The smallest absolute Gasteiger partial charge is 0.0453 e. The van der Waals surface area contributed by atoms with Crippen LogP contribution in [0.5, 0.6) is 0 Å². The molecule has 14 heavy (non-hydrogen) atoms. The Kier molecular flexibility index (Phi) is 3.08. The van der Waals surface area contributed by atoms with Crippen molar-refractivity contribution in [2.75, 3.05) is 18.8 Å². The SMILES string of the molecule is Cc1cccc(C2CNCC2CS)n1. The van der Waals surface area contributed by atoms with E-state index in [1.165, 1.54) is 5.69 Å². The molecule has 76 valence electrons. The Morgan fingerprint density at radius 2 is 2.36 bits per heavy atom. The highest BCUT2D eigenvalue weighted by molar-refractivity contribution is 7.80. The number of hydrogen-bond acceptors (Lipinski definition) is 3. The zero-order chi connectivity index (χ0) is 9.97. The van der Waals surface area contributed by atoms with Crippen LogP contribution in [-0.2, 0) is 0 Å². The summed E-state index contributed by atoms with van der Waals surface area (Å²) in [7, 11) is 0. The molecule has 2 rings (SSSR count). The fourth-order valence-electron chi connectivity index (χ4n) is 2.04. The largest absolute Gasteiger partial charge is 0.316 e. The van der Waals surface area contributed by atoms with Gasteiger partial charge in [-0.2, -0.15) is 12.6 Å². The van der Waals surface area contributed by atoms with Crippen LogP contribution in [0.2, 0.25) is 0 Å². The minimum Gasteiger partial charge on any atom is -0.316 e. The summed E-state index contributed by atoms with van der Waals surface area (Å²) in [6.45, 7) is 4.16. The first-order valence-electron chi connectivity index (χ1n) is 5.06. The first-order valence-corrected chi connectivity index (χ1v) is 5.69. The Morgan fingerprint density at radius 1 is 1.50 bits per heavy atom. The molecular weight excluding hydrogens is 192 g/mol. The minimum absolute atomic E-state index is 0.549. The summed E-state index contributed by atoms with van der Waals surface area (Å²) in [4.78, 5) is 4.58. The maximum absolute atomic E-state index is 4.58. The highest BCUT2D eigenvalue weighted by atomic mass is 32.1. The van der Waals surface area contributed by atoms with Crippen molar-refractivity contribution in [1.29, 1.82) is 0 Å². The van der Waals surface area contributed by atoms with Gasteiger partial charge in [-0.05, 0) is 37.3 Å². The van der Waals surface area contributed by atoms with Gasteiger partial charge in [0.25, 0.3) is 0 Å². The van der Waals surface area contributed by atoms with E-state index in [1.54, 1.807) is 0 Å². The molecule has 2 atom stereocenters. The molecule has 2 unspecified atom stereocenters. The van der Waals surface area contributed by atoms with Crippen molar-refractivity contribution < 1.29 is 0 Å². The second kappa shape index (κ2) is 4.32. The van der Waals surface area contributed by atoms with Crippen molar-refractivity contribution in [3.05, 3.63) is 29.6 Å². The van der Waals surface area contributed by atoms with E-state index in [9.17, 15) is 0 Å². The second-order valence-corrected chi connectivity index (χ2v) is 4.28. The Bertz CT molecular complexity index is 314. The van der Waals surface area contributed by atoms with Crippen LogP contribution < -0.4 is 5.32 Å². The predicted octanol–water partition coefficient (Wildman–Crippen LogP) is 1.62. The third-order valence-corrected chi connectivity index (χ3v) is 3.33. The third-order valence-electron chi connectivity index (χ3n) is 2.86.